The van der Waals surface area contributed by atoms with Crippen molar-refractivity contribution in [3.63, 3.8) is 0 Å². The van der Waals surface area contributed by atoms with Crippen LogP contribution in [-0.4, -0.2) is 15.0 Å². The van der Waals surface area contributed by atoms with Gasteiger partial charge in [-0.05, 0) is 64.2 Å². The normalized spacial score (nSPS) is 11.3. The van der Waals surface area contributed by atoms with Gasteiger partial charge >= 0.3 is 0 Å². The minimum Gasteiger partial charge on any atom is -0.208 e. The van der Waals surface area contributed by atoms with E-state index in [4.69, 9.17) is 16.6 Å². The SMILES string of the molecule is Clc1nc(-c2cccc(-c3ccc(-c4ccccc4)cc3)c2)nc(-c2ccc3sc4ccccc4c3c2)n1. The fourth-order valence-electron chi connectivity index (χ4n) is 4.80. The Morgan fingerprint density at radius 1 is 0.421 bits per heavy atom. The van der Waals surface area contributed by atoms with Crippen LogP contribution in [0.1, 0.15) is 0 Å². The van der Waals surface area contributed by atoms with Gasteiger partial charge < -0.3 is 0 Å². The van der Waals surface area contributed by atoms with Crippen LogP contribution in [0.2, 0.25) is 5.28 Å². The van der Waals surface area contributed by atoms with Crippen molar-refractivity contribution in [3.05, 3.63) is 127 Å². The first-order chi connectivity index (χ1) is 18.7. The predicted molar refractivity (Wildman–Crippen MR) is 159 cm³/mol. The summed E-state index contributed by atoms with van der Waals surface area (Å²) in [4.78, 5) is 13.8. The Balaban J connectivity index is 1.25. The molecule has 0 aliphatic heterocycles. The average molecular weight is 526 g/mol. The van der Waals surface area contributed by atoms with Crippen LogP contribution in [0.25, 0.3) is 65.2 Å². The summed E-state index contributed by atoms with van der Waals surface area (Å²) in [6.45, 7) is 0. The number of nitrogens with zero attached hydrogens (tertiary/aromatic N) is 3. The fourth-order valence-corrected chi connectivity index (χ4v) is 6.04. The number of halogens is 1. The van der Waals surface area contributed by atoms with Crippen molar-refractivity contribution in [2.45, 2.75) is 0 Å². The van der Waals surface area contributed by atoms with E-state index in [1.54, 1.807) is 11.3 Å². The molecule has 0 aliphatic rings. The van der Waals surface area contributed by atoms with Gasteiger partial charge in [-0.3, -0.25) is 0 Å². The van der Waals surface area contributed by atoms with Crippen LogP contribution in [0.15, 0.2) is 121 Å². The second-order valence-corrected chi connectivity index (χ2v) is 10.5. The van der Waals surface area contributed by atoms with E-state index < -0.39 is 0 Å². The van der Waals surface area contributed by atoms with E-state index in [0.29, 0.717) is 11.6 Å². The van der Waals surface area contributed by atoms with Crippen LogP contribution in [-0.2, 0) is 0 Å². The molecule has 0 bridgehead atoms. The van der Waals surface area contributed by atoms with E-state index in [9.17, 15) is 0 Å². The third-order valence-corrected chi connectivity index (χ3v) is 8.01. The van der Waals surface area contributed by atoms with Gasteiger partial charge in [0.05, 0.1) is 0 Å². The van der Waals surface area contributed by atoms with Gasteiger partial charge in [0.2, 0.25) is 5.28 Å². The highest BCUT2D eigenvalue weighted by molar-refractivity contribution is 7.25. The molecular weight excluding hydrogens is 506 g/mol. The lowest BCUT2D eigenvalue weighted by molar-refractivity contribution is 1.07. The Labute approximate surface area is 229 Å². The van der Waals surface area contributed by atoms with Gasteiger partial charge in [-0.15, -0.1) is 11.3 Å². The second kappa shape index (κ2) is 9.49. The Morgan fingerprint density at radius 3 is 1.76 bits per heavy atom. The topological polar surface area (TPSA) is 38.7 Å². The Hall–Kier alpha value is -4.38. The van der Waals surface area contributed by atoms with Gasteiger partial charge in [-0.2, -0.15) is 9.97 Å². The molecule has 5 heteroatoms. The van der Waals surface area contributed by atoms with Crippen molar-refractivity contribution in [2.75, 3.05) is 0 Å². The number of benzene rings is 5. The monoisotopic (exact) mass is 525 g/mol. The molecule has 0 spiro atoms. The fraction of sp³-hybridized carbons (Fsp3) is 0. The molecule has 0 radical (unpaired) electrons. The van der Waals surface area contributed by atoms with Crippen molar-refractivity contribution in [2.24, 2.45) is 0 Å². The summed E-state index contributed by atoms with van der Waals surface area (Å²) in [5.41, 5.74) is 6.41. The summed E-state index contributed by atoms with van der Waals surface area (Å²) >= 11 is 8.20. The van der Waals surface area contributed by atoms with Crippen molar-refractivity contribution in [3.8, 4) is 45.0 Å². The smallest absolute Gasteiger partial charge is 0.208 e. The first kappa shape index (κ1) is 22.8. The van der Waals surface area contributed by atoms with Crippen LogP contribution in [0.3, 0.4) is 0 Å². The van der Waals surface area contributed by atoms with Crippen molar-refractivity contribution < 1.29 is 0 Å². The van der Waals surface area contributed by atoms with E-state index in [1.165, 1.54) is 31.3 Å². The maximum atomic E-state index is 6.41. The minimum absolute atomic E-state index is 0.179. The van der Waals surface area contributed by atoms with Crippen molar-refractivity contribution in [1.82, 2.24) is 15.0 Å². The molecule has 0 saturated heterocycles. The average Bonchev–Trinajstić information content (AvgIpc) is 3.35. The van der Waals surface area contributed by atoms with Gasteiger partial charge in [0.1, 0.15) is 0 Å². The zero-order chi connectivity index (χ0) is 25.5. The molecule has 0 N–H and O–H groups in total. The van der Waals surface area contributed by atoms with E-state index in [2.05, 4.69) is 113 Å². The first-order valence-electron chi connectivity index (χ1n) is 12.3. The number of thiophene rings is 1. The molecule has 0 unspecified atom stereocenters. The molecule has 0 saturated carbocycles. The largest absolute Gasteiger partial charge is 0.226 e. The summed E-state index contributed by atoms with van der Waals surface area (Å²) in [6, 6.07) is 42.0. The minimum atomic E-state index is 0.179. The van der Waals surface area contributed by atoms with Gasteiger partial charge in [0, 0.05) is 31.3 Å². The van der Waals surface area contributed by atoms with E-state index in [1.807, 2.05) is 18.2 Å². The number of hydrogen-bond donors (Lipinski definition) is 0. The van der Waals surface area contributed by atoms with Gasteiger partial charge in [-0.25, -0.2) is 4.98 Å². The molecule has 7 aromatic rings. The van der Waals surface area contributed by atoms with Crippen molar-refractivity contribution >= 4 is 43.1 Å². The molecule has 5 aromatic carbocycles. The molecular formula is C33H20ClN3S. The summed E-state index contributed by atoms with van der Waals surface area (Å²) in [6.07, 6.45) is 0. The van der Waals surface area contributed by atoms with Gasteiger partial charge in [0.15, 0.2) is 11.6 Å². The molecule has 2 aromatic heterocycles. The Bertz CT molecular complexity index is 1930. The van der Waals surface area contributed by atoms with Crippen LogP contribution in [0, 0.1) is 0 Å². The molecule has 180 valence electrons. The quantitative estimate of drug-likeness (QED) is 0.229. The lowest BCUT2D eigenvalue weighted by Crippen LogP contribution is -1.97. The lowest BCUT2D eigenvalue weighted by Gasteiger charge is -2.08. The summed E-state index contributed by atoms with van der Waals surface area (Å²) in [5, 5.41) is 2.61. The maximum absolute atomic E-state index is 6.41. The highest BCUT2D eigenvalue weighted by atomic mass is 35.5. The predicted octanol–water partition coefficient (Wildman–Crippen LogP) is 9.56. The third-order valence-electron chi connectivity index (χ3n) is 6.69. The zero-order valence-corrected chi connectivity index (χ0v) is 21.7. The first-order valence-corrected chi connectivity index (χ1v) is 13.5. The molecule has 0 fully saturated rings. The maximum Gasteiger partial charge on any atom is 0.226 e. The Kier molecular flexibility index (Phi) is 5.69. The van der Waals surface area contributed by atoms with Gasteiger partial charge in [-0.1, -0.05) is 91.0 Å². The molecule has 38 heavy (non-hydrogen) atoms. The highest BCUT2D eigenvalue weighted by Gasteiger charge is 2.13. The van der Waals surface area contributed by atoms with Crippen LogP contribution in [0.4, 0.5) is 0 Å². The number of rotatable bonds is 4. The van der Waals surface area contributed by atoms with Gasteiger partial charge in [0.25, 0.3) is 0 Å². The highest BCUT2D eigenvalue weighted by Crippen LogP contribution is 2.36. The molecule has 2 heterocycles. The lowest BCUT2D eigenvalue weighted by atomic mass is 9.99. The number of fused-ring (bicyclic) bond motifs is 3. The molecule has 0 amide bonds. The summed E-state index contributed by atoms with van der Waals surface area (Å²) < 4.78 is 2.50. The van der Waals surface area contributed by atoms with Crippen LogP contribution >= 0.6 is 22.9 Å². The molecule has 3 nitrogen and oxygen atoms in total. The number of hydrogen-bond acceptors (Lipinski definition) is 4. The Morgan fingerprint density at radius 2 is 0.974 bits per heavy atom. The standard InChI is InChI=1S/C33H20ClN3S/c34-33-36-31(35-32(37-33)26-17-18-30-28(20-26)27-11-4-5-12-29(27)38-30)25-10-6-9-24(19-25)23-15-13-22(14-16-23)21-7-2-1-3-8-21/h1-20H. The van der Waals surface area contributed by atoms with Crippen LogP contribution in [0.5, 0.6) is 0 Å². The van der Waals surface area contributed by atoms with E-state index in [-0.39, 0.29) is 5.28 Å². The molecule has 0 atom stereocenters. The third kappa shape index (κ3) is 4.24. The summed E-state index contributed by atoms with van der Waals surface area (Å²) in [5.74, 6) is 1.12. The molecule has 7 rings (SSSR count). The van der Waals surface area contributed by atoms with Crippen molar-refractivity contribution in [1.29, 1.82) is 0 Å². The van der Waals surface area contributed by atoms with E-state index >= 15 is 0 Å². The second-order valence-electron chi connectivity index (χ2n) is 9.08. The zero-order valence-electron chi connectivity index (χ0n) is 20.2. The summed E-state index contributed by atoms with van der Waals surface area (Å²) in [7, 11) is 0. The molecule has 0 aliphatic carbocycles. The van der Waals surface area contributed by atoms with E-state index in [0.717, 1.165) is 22.3 Å². The number of aromatic nitrogens is 3. The van der Waals surface area contributed by atoms with Crippen LogP contribution < -0.4 is 0 Å².